The zero-order valence-electron chi connectivity index (χ0n) is 16.1. The van der Waals surface area contributed by atoms with Gasteiger partial charge in [0.15, 0.2) is 0 Å². The average molecular weight is 434 g/mol. The summed E-state index contributed by atoms with van der Waals surface area (Å²) < 4.78 is 0. The van der Waals surface area contributed by atoms with Crippen LogP contribution in [0.3, 0.4) is 0 Å². The summed E-state index contributed by atoms with van der Waals surface area (Å²) in [6.07, 6.45) is 2.03. The minimum atomic E-state index is 0.271. The fraction of sp³-hybridized carbons (Fsp3) is 0.167. The maximum absolute atomic E-state index is 3.56. The van der Waals surface area contributed by atoms with Gasteiger partial charge in [0.05, 0.1) is 10.6 Å². The van der Waals surface area contributed by atoms with E-state index in [4.69, 9.17) is 0 Å². The number of halogens is 1. The summed E-state index contributed by atoms with van der Waals surface area (Å²) in [6, 6.07) is 25.8. The van der Waals surface area contributed by atoms with Gasteiger partial charge in [0, 0.05) is 29.8 Å². The van der Waals surface area contributed by atoms with Crippen LogP contribution in [-0.2, 0) is 0 Å². The lowest BCUT2D eigenvalue weighted by atomic mass is 10.1. The Balaban J connectivity index is 1.75. The lowest BCUT2D eigenvalue weighted by Crippen LogP contribution is -2.36. The Morgan fingerprint density at radius 2 is 1.39 bits per heavy atom. The molecule has 4 rings (SSSR count). The predicted octanol–water partition coefficient (Wildman–Crippen LogP) is 5.99. The summed E-state index contributed by atoms with van der Waals surface area (Å²) in [5.74, 6) is 0. The van der Waals surface area contributed by atoms with E-state index in [9.17, 15) is 0 Å². The van der Waals surface area contributed by atoms with E-state index < -0.39 is 0 Å². The van der Waals surface area contributed by atoms with Crippen LogP contribution < -0.4 is 15.5 Å². The minimum absolute atomic E-state index is 0.271. The minimum Gasteiger partial charge on any atom is -0.380 e. The molecule has 0 fully saturated rings. The van der Waals surface area contributed by atoms with Gasteiger partial charge >= 0.3 is 0 Å². The maximum atomic E-state index is 3.56. The van der Waals surface area contributed by atoms with Crippen LogP contribution in [-0.4, -0.2) is 11.5 Å². The lowest BCUT2D eigenvalue weighted by molar-refractivity contribution is 0.705. The highest BCUT2D eigenvalue weighted by atomic mass is 79.9. The number of rotatable bonds is 4. The highest BCUT2D eigenvalue weighted by Crippen LogP contribution is 2.38. The van der Waals surface area contributed by atoms with E-state index in [1.807, 2.05) is 6.20 Å². The first-order chi connectivity index (χ1) is 13.6. The Bertz CT molecular complexity index is 949. The van der Waals surface area contributed by atoms with Crippen molar-refractivity contribution in [2.45, 2.75) is 18.8 Å². The molecular formula is C24H24BrN3. The zero-order valence-corrected chi connectivity index (χ0v) is 17.7. The van der Waals surface area contributed by atoms with Crippen molar-refractivity contribution in [3.63, 3.8) is 0 Å². The number of alkyl halides is 1. The average Bonchev–Trinajstić information content (AvgIpc) is 2.72. The van der Waals surface area contributed by atoms with Crippen LogP contribution in [0.4, 0.5) is 17.1 Å². The normalized spacial score (nSPS) is 16.0. The third kappa shape index (κ3) is 3.78. The van der Waals surface area contributed by atoms with Crippen LogP contribution >= 0.6 is 15.9 Å². The van der Waals surface area contributed by atoms with E-state index in [0.717, 1.165) is 17.9 Å². The molecule has 1 aliphatic rings. The Morgan fingerprint density at radius 1 is 0.821 bits per heavy atom. The first-order valence-corrected chi connectivity index (χ1v) is 10.4. The fourth-order valence-electron chi connectivity index (χ4n) is 3.50. The topological polar surface area (TPSA) is 27.3 Å². The fourth-order valence-corrected chi connectivity index (χ4v) is 3.79. The number of anilines is 3. The Morgan fingerprint density at radius 3 is 1.89 bits per heavy atom. The van der Waals surface area contributed by atoms with Crippen molar-refractivity contribution in [3.05, 3.63) is 95.7 Å². The van der Waals surface area contributed by atoms with Gasteiger partial charge in [0.25, 0.3) is 0 Å². The number of nitrogens with one attached hydrogen (secondary N) is 2. The molecule has 1 heterocycles. The zero-order chi connectivity index (χ0) is 19.5. The molecule has 3 aromatic carbocycles. The molecule has 3 nitrogen and oxygen atoms in total. The second-order valence-electron chi connectivity index (χ2n) is 7.03. The van der Waals surface area contributed by atoms with E-state index in [0.29, 0.717) is 0 Å². The molecule has 0 amide bonds. The van der Waals surface area contributed by atoms with Gasteiger partial charge < -0.3 is 15.5 Å². The van der Waals surface area contributed by atoms with Crippen molar-refractivity contribution in [1.29, 1.82) is 0 Å². The Kier molecular flexibility index (Phi) is 5.40. The predicted molar refractivity (Wildman–Crippen MR) is 122 cm³/mol. The van der Waals surface area contributed by atoms with Gasteiger partial charge in [0.1, 0.15) is 0 Å². The second-order valence-corrected chi connectivity index (χ2v) is 8.13. The van der Waals surface area contributed by atoms with Crippen molar-refractivity contribution in [1.82, 2.24) is 10.6 Å². The summed E-state index contributed by atoms with van der Waals surface area (Å²) >= 11 is 3.56. The van der Waals surface area contributed by atoms with E-state index in [-0.39, 0.29) is 4.95 Å². The van der Waals surface area contributed by atoms with Crippen LogP contribution in [0.25, 0.3) is 5.70 Å². The molecule has 1 aliphatic heterocycles. The van der Waals surface area contributed by atoms with Gasteiger partial charge in [0.2, 0.25) is 0 Å². The number of hydrogen-bond acceptors (Lipinski definition) is 3. The van der Waals surface area contributed by atoms with Gasteiger partial charge in [-0.1, -0.05) is 64.5 Å². The molecule has 0 aliphatic carbocycles. The lowest BCUT2D eigenvalue weighted by Gasteiger charge is -2.29. The molecule has 28 heavy (non-hydrogen) atoms. The van der Waals surface area contributed by atoms with E-state index in [1.54, 1.807) is 0 Å². The highest BCUT2D eigenvalue weighted by Gasteiger charge is 2.17. The first-order valence-electron chi connectivity index (χ1n) is 9.49. The number of aryl methyl sites for hydroxylation is 2. The molecule has 0 radical (unpaired) electrons. The Hall–Kier alpha value is -2.72. The van der Waals surface area contributed by atoms with E-state index in [1.165, 1.54) is 28.1 Å². The monoisotopic (exact) mass is 433 g/mol. The van der Waals surface area contributed by atoms with Crippen molar-refractivity contribution in [2.75, 3.05) is 11.4 Å². The van der Waals surface area contributed by atoms with Crippen LogP contribution in [0, 0.1) is 13.8 Å². The molecule has 0 saturated heterocycles. The molecule has 1 unspecified atom stereocenters. The molecule has 4 heteroatoms. The summed E-state index contributed by atoms with van der Waals surface area (Å²) in [5.41, 5.74) is 8.32. The molecule has 0 saturated carbocycles. The molecule has 3 aromatic rings. The summed E-state index contributed by atoms with van der Waals surface area (Å²) in [5, 5.41) is 6.77. The molecule has 0 bridgehead atoms. The van der Waals surface area contributed by atoms with Crippen LogP contribution in [0.15, 0.2) is 79.0 Å². The summed E-state index contributed by atoms with van der Waals surface area (Å²) in [7, 11) is 0. The van der Waals surface area contributed by atoms with Crippen molar-refractivity contribution in [3.8, 4) is 0 Å². The van der Waals surface area contributed by atoms with Crippen LogP contribution in [0.1, 0.15) is 16.7 Å². The van der Waals surface area contributed by atoms with Gasteiger partial charge in [-0.05, 0) is 54.8 Å². The van der Waals surface area contributed by atoms with E-state index in [2.05, 4.69) is 118 Å². The third-order valence-electron chi connectivity index (χ3n) is 5.03. The van der Waals surface area contributed by atoms with Crippen molar-refractivity contribution >= 4 is 38.7 Å². The second kappa shape index (κ2) is 8.11. The molecular weight excluding hydrogens is 410 g/mol. The van der Waals surface area contributed by atoms with Crippen molar-refractivity contribution < 1.29 is 0 Å². The molecule has 142 valence electrons. The van der Waals surface area contributed by atoms with Crippen LogP contribution in [0.5, 0.6) is 0 Å². The third-order valence-corrected chi connectivity index (χ3v) is 5.62. The quantitative estimate of drug-likeness (QED) is 0.391. The first kappa shape index (κ1) is 18.6. The maximum Gasteiger partial charge on any atom is 0.0988 e. The number of nitrogens with zero attached hydrogens (tertiary/aromatic N) is 1. The SMILES string of the molecule is Cc1ccccc1N(c1ccc(C2=CNC(Br)CN2)cc1)c1ccccc1C. The van der Waals surface area contributed by atoms with Gasteiger partial charge in [-0.25, -0.2) is 0 Å². The van der Waals surface area contributed by atoms with E-state index >= 15 is 0 Å². The van der Waals surface area contributed by atoms with Crippen molar-refractivity contribution in [2.24, 2.45) is 0 Å². The standard InChI is InChI=1S/C24H24BrN3/c1-17-7-3-5-9-22(17)28(23-10-6-4-8-18(23)2)20-13-11-19(12-14-20)21-15-27-24(25)16-26-21/h3-15,24,26-27H,16H2,1-2H3. The largest absolute Gasteiger partial charge is 0.380 e. The van der Waals surface area contributed by atoms with Gasteiger partial charge in [-0.2, -0.15) is 0 Å². The Labute approximate surface area is 175 Å². The number of hydrogen-bond donors (Lipinski definition) is 2. The van der Waals surface area contributed by atoms with Gasteiger partial charge in [-0.3, -0.25) is 0 Å². The highest BCUT2D eigenvalue weighted by molar-refractivity contribution is 9.09. The van der Waals surface area contributed by atoms with Gasteiger partial charge in [-0.15, -0.1) is 0 Å². The van der Waals surface area contributed by atoms with Crippen LogP contribution in [0.2, 0.25) is 0 Å². The molecule has 1 atom stereocenters. The molecule has 0 aromatic heterocycles. The smallest absolute Gasteiger partial charge is 0.0988 e. The molecule has 0 spiro atoms. The number of para-hydroxylation sites is 2. The summed E-state index contributed by atoms with van der Waals surface area (Å²) in [6.45, 7) is 5.17. The number of benzene rings is 3. The summed E-state index contributed by atoms with van der Waals surface area (Å²) in [4.78, 5) is 2.61. The molecule has 2 N–H and O–H groups in total.